The molecule has 3 rings (SSSR count). The van der Waals surface area contributed by atoms with Crippen molar-refractivity contribution in [1.29, 1.82) is 0 Å². The van der Waals surface area contributed by atoms with Crippen molar-refractivity contribution in [1.82, 2.24) is 10.3 Å². The highest BCUT2D eigenvalue weighted by Crippen LogP contribution is 2.22. The average Bonchev–Trinajstić information content (AvgIpc) is 3.09. The first-order chi connectivity index (χ1) is 12.6. The van der Waals surface area contributed by atoms with E-state index in [4.69, 9.17) is 0 Å². The zero-order valence-electron chi connectivity index (χ0n) is 15.2. The molecular formula is C22H26N2O2. The molecule has 3 aromatic rings. The van der Waals surface area contributed by atoms with Gasteiger partial charge in [-0.3, -0.25) is 4.79 Å². The first-order valence-electron chi connectivity index (χ1n) is 9.06. The molecule has 2 aromatic carbocycles. The fourth-order valence-corrected chi connectivity index (χ4v) is 3.25. The summed E-state index contributed by atoms with van der Waals surface area (Å²) in [6, 6.07) is 18.2. The van der Waals surface area contributed by atoms with Crippen LogP contribution in [0.15, 0.2) is 60.8 Å². The van der Waals surface area contributed by atoms with Crippen molar-refractivity contribution in [2.75, 3.05) is 13.2 Å². The van der Waals surface area contributed by atoms with Gasteiger partial charge in [0.25, 0.3) is 0 Å². The Balaban J connectivity index is 1.52. The number of aliphatic hydroxyl groups is 1. The highest BCUT2D eigenvalue weighted by atomic mass is 16.3. The van der Waals surface area contributed by atoms with Crippen LogP contribution in [0.3, 0.4) is 0 Å². The van der Waals surface area contributed by atoms with Crippen molar-refractivity contribution in [3.63, 3.8) is 0 Å². The number of carbonyl (C=O) groups excluding carboxylic acids is 1. The van der Waals surface area contributed by atoms with Crippen molar-refractivity contribution in [3.8, 4) is 0 Å². The number of amides is 1. The average molecular weight is 350 g/mol. The third-order valence-corrected chi connectivity index (χ3v) is 4.86. The van der Waals surface area contributed by atoms with Gasteiger partial charge in [-0.2, -0.15) is 0 Å². The second-order valence-corrected chi connectivity index (χ2v) is 7.27. The van der Waals surface area contributed by atoms with Crippen molar-refractivity contribution in [3.05, 3.63) is 71.9 Å². The molecule has 1 heterocycles. The van der Waals surface area contributed by atoms with Crippen molar-refractivity contribution >= 4 is 16.8 Å². The number of nitrogens with one attached hydrogen (secondary N) is 2. The summed E-state index contributed by atoms with van der Waals surface area (Å²) >= 11 is 0. The molecule has 4 heteroatoms. The molecule has 3 N–H and O–H groups in total. The Morgan fingerprint density at radius 3 is 2.62 bits per heavy atom. The van der Waals surface area contributed by atoms with Crippen LogP contribution in [0, 0.1) is 5.41 Å². The number of benzene rings is 2. The molecule has 0 bridgehead atoms. The Kier molecular flexibility index (Phi) is 5.74. The van der Waals surface area contributed by atoms with Crippen molar-refractivity contribution in [2.45, 2.75) is 26.2 Å². The minimum Gasteiger partial charge on any atom is -0.396 e. The van der Waals surface area contributed by atoms with Crippen LogP contribution in [-0.2, 0) is 17.6 Å². The number of hydrogen-bond acceptors (Lipinski definition) is 2. The molecular weight excluding hydrogens is 324 g/mol. The van der Waals surface area contributed by atoms with E-state index in [2.05, 4.69) is 16.4 Å². The molecule has 0 fully saturated rings. The predicted octanol–water partition coefficient (Wildman–Crippen LogP) is 3.46. The minimum absolute atomic E-state index is 0.0167. The summed E-state index contributed by atoms with van der Waals surface area (Å²) < 4.78 is 0. The van der Waals surface area contributed by atoms with Gasteiger partial charge < -0.3 is 15.4 Å². The monoisotopic (exact) mass is 350 g/mol. The van der Waals surface area contributed by atoms with Gasteiger partial charge in [-0.15, -0.1) is 0 Å². The molecule has 0 aliphatic rings. The smallest absolute Gasteiger partial charge is 0.220 e. The van der Waals surface area contributed by atoms with Crippen LogP contribution in [0.4, 0.5) is 0 Å². The number of fused-ring (bicyclic) bond motifs is 1. The Morgan fingerprint density at radius 2 is 1.85 bits per heavy atom. The van der Waals surface area contributed by atoms with Gasteiger partial charge in [0.15, 0.2) is 0 Å². The van der Waals surface area contributed by atoms with E-state index in [9.17, 15) is 9.90 Å². The van der Waals surface area contributed by atoms with Crippen LogP contribution < -0.4 is 5.32 Å². The van der Waals surface area contributed by atoms with Crippen molar-refractivity contribution < 1.29 is 9.90 Å². The van der Waals surface area contributed by atoms with Crippen molar-refractivity contribution in [2.24, 2.45) is 5.41 Å². The van der Waals surface area contributed by atoms with E-state index < -0.39 is 0 Å². The second-order valence-electron chi connectivity index (χ2n) is 7.27. The number of para-hydroxylation sites is 1. The molecule has 4 nitrogen and oxygen atoms in total. The van der Waals surface area contributed by atoms with E-state index in [-0.39, 0.29) is 17.9 Å². The van der Waals surface area contributed by atoms with Gasteiger partial charge in [-0.05, 0) is 30.0 Å². The summed E-state index contributed by atoms with van der Waals surface area (Å²) in [7, 11) is 0. The fraction of sp³-hybridized carbons (Fsp3) is 0.318. The SMILES string of the molecule is CC(CO)(CNC(=O)CCc1c[nH]c2ccccc12)Cc1ccccc1. The third-order valence-electron chi connectivity index (χ3n) is 4.86. The van der Waals surface area contributed by atoms with Gasteiger partial charge in [0.05, 0.1) is 6.61 Å². The predicted molar refractivity (Wildman–Crippen MR) is 105 cm³/mol. The largest absolute Gasteiger partial charge is 0.396 e. The Bertz CT molecular complexity index is 857. The summed E-state index contributed by atoms with van der Waals surface area (Å²) in [5.74, 6) is 0.0167. The number of aromatic amines is 1. The number of aliphatic hydroxyl groups excluding tert-OH is 1. The van der Waals surface area contributed by atoms with Crippen LogP contribution in [0.5, 0.6) is 0 Å². The van der Waals surface area contributed by atoms with Gasteiger partial charge in [-0.25, -0.2) is 0 Å². The number of carbonyl (C=O) groups is 1. The molecule has 0 spiro atoms. The van der Waals surface area contributed by atoms with Gasteiger partial charge in [0.1, 0.15) is 0 Å². The molecule has 1 aromatic heterocycles. The molecule has 1 atom stereocenters. The number of aromatic nitrogens is 1. The molecule has 0 saturated heterocycles. The summed E-state index contributed by atoms with van der Waals surface area (Å²) in [5, 5.41) is 14.0. The Morgan fingerprint density at radius 1 is 1.12 bits per heavy atom. The molecule has 26 heavy (non-hydrogen) atoms. The maximum atomic E-state index is 12.3. The maximum absolute atomic E-state index is 12.3. The molecule has 0 aliphatic heterocycles. The summed E-state index contributed by atoms with van der Waals surface area (Å²) in [6.45, 7) is 2.50. The molecule has 1 amide bonds. The quantitative estimate of drug-likeness (QED) is 0.582. The maximum Gasteiger partial charge on any atom is 0.220 e. The van der Waals surface area contributed by atoms with Gasteiger partial charge >= 0.3 is 0 Å². The number of rotatable bonds is 8. The van der Waals surface area contributed by atoms with Gasteiger partial charge in [-0.1, -0.05) is 55.5 Å². The van der Waals surface area contributed by atoms with Crippen LogP contribution in [0.25, 0.3) is 10.9 Å². The van der Waals surface area contributed by atoms with E-state index in [1.165, 1.54) is 5.39 Å². The third kappa shape index (κ3) is 4.52. The lowest BCUT2D eigenvalue weighted by Gasteiger charge is -2.27. The Labute approximate surface area is 154 Å². The van der Waals surface area contributed by atoms with Crippen LogP contribution in [-0.4, -0.2) is 29.1 Å². The topological polar surface area (TPSA) is 65.1 Å². The van der Waals surface area contributed by atoms with Crippen LogP contribution >= 0.6 is 0 Å². The van der Waals surface area contributed by atoms with Crippen LogP contribution in [0.1, 0.15) is 24.5 Å². The lowest BCUT2D eigenvalue weighted by molar-refractivity contribution is -0.121. The minimum atomic E-state index is -0.363. The number of aryl methyl sites for hydroxylation is 1. The summed E-state index contributed by atoms with van der Waals surface area (Å²) in [6.07, 6.45) is 3.84. The lowest BCUT2D eigenvalue weighted by Crippen LogP contribution is -2.39. The summed E-state index contributed by atoms with van der Waals surface area (Å²) in [5.41, 5.74) is 3.05. The first-order valence-corrected chi connectivity index (χ1v) is 9.06. The van der Waals surface area contributed by atoms with E-state index >= 15 is 0 Å². The molecule has 0 aliphatic carbocycles. The summed E-state index contributed by atoms with van der Waals surface area (Å²) in [4.78, 5) is 15.5. The first kappa shape index (κ1) is 18.2. The zero-order chi connectivity index (χ0) is 18.4. The Hall–Kier alpha value is -2.59. The van der Waals surface area contributed by atoms with E-state index in [0.717, 1.165) is 23.1 Å². The van der Waals surface area contributed by atoms with E-state index in [1.807, 2.05) is 61.7 Å². The second kappa shape index (κ2) is 8.19. The van der Waals surface area contributed by atoms with E-state index in [0.29, 0.717) is 19.4 Å². The van der Waals surface area contributed by atoms with E-state index in [1.54, 1.807) is 0 Å². The number of hydrogen-bond donors (Lipinski definition) is 3. The van der Waals surface area contributed by atoms with Gasteiger partial charge in [0.2, 0.25) is 5.91 Å². The molecule has 1 unspecified atom stereocenters. The standard InChI is InChI=1S/C22H26N2O2/c1-22(16-25,13-17-7-3-2-4-8-17)15-24-21(26)12-11-18-14-23-20-10-6-5-9-19(18)20/h2-10,14,23,25H,11-13,15-16H2,1H3,(H,24,26). The van der Waals surface area contributed by atoms with Gasteiger partial charge in [0, 0.05) is 35.5 Å². The lowest BCUT2D eigenvalue weighted by atomic mass is 9.84. The highest BCUT2D eigenvalue weighted by Gasteiger charge is 2.24. The number of H-pyrrole nitrogens is 1. The normalized spacial score (nSPS) is 13.5. The highest BCUT2D eigenvalue weighted by molar-refractivity contribution is 5.84. The zero-order valence-corrected chi connectivity index (χ0v) is 15.2. The molecule has 0 radical (unpaired) electrons. The molecule has 136 valence electrons. The molecule has 0 saturated carbocycles. The van der Waals surface area contributed by atoms with Crippen LogP contribution in [0.2, 0.25) is 0 Å². The fourth-order valence-electron chi connectivity index (χ4n) is 3.25.